The van der Waals surface area contributed by atoms with E-state index in [-0.39, 0.29) is 30.7 Å². The van der Waals surface area contributed by atoms with E-state index in [9.17, 15) is 14.4 Å². The molecule has 3 rings (SSSR count). The van der Waals surface area contributed by atoms with E-state index in [0.29, 0.717) is 17.3 Å². The normalized spacial score (nSPS) is 16.4. The number of amides is 3. The van der Waals surface area contributed by atoms with Crippen molar-refractivity contribution in [3.8, 4) is 0 Å². The van der Waals surface area contributed by atoms with Gasteiger partial charge in [0.1, 0.15) is 0 Å². The molecule has 1 heterocycles. The summed E-state index contributed by atoms with van der Waals surface area (Å²) in [5, 5.41) is 5.64. The van der Waals surface area contributed by atoms with E-state index in [1.54, 1.807) is 29.2 Å². The highest BCUT2D eigenvalue weighted by Crippen LogP contribution is 2.25. The van der Waals surface area contributed by atoms with Gasteiger partial charge in [0.05, 0.1) is 23.2 Å². The smallest absolute Gasteiger partial charge is 0.243 e. The Bertz CT molecular complexity index is 826. The zero-order valence-electron chi connectivity index (χ0n) is 13.9. The lowest BCUT2D eigenvalue weighted by molar-refractivity contribution is -0.127. The number of nitrogens with zero attached hydrogens (tertiary/aromatic N) is 1. The minimum Gasteiger partial charge on any atom is -0.347 e. The Hall–Kier alpha value is -2.86. The summed E-state index contributed by atoms with van der Waals surface area (Å²) in [5.41, 5.74) is 1.25. The minimum absolute atomic E-state index is 0.100. The van der Waals surface area contributed by atoms with Crippen molar-refractivity contribution >= 4 is 40.7 Å². The molecule has 0 aromatic heterocycles. The van der Waals surface area contributed by atoms with Gasteiger partial charge in [-0.15, -0.1) is 0 Å². The van der Waals surface area contributed by atoms with Gasteiger partial charge in [-0.2, -0.15) is 0 Å². The predicted molar refractivity (Wildman–Crippen MR) is 100.0 cm³/mol. The number of halogens is 1. The van der Waals surface area contributed by atoms with Crippen molar-refractivity contribution in [2.45, 2.75) is 6.42 Å². The minimum atomic E-state index is -0.476. The fraction of sp³-hybridized carbons (Fsp3) is 0.211. The summed E-state index contributed by atoms with van der Waals surface area (Å²) in [4.78, 5) is 38.0. The lowest BCUT2D eigenvalue weighted by atomic mass is 10.1. The Balaban J connectivity index is 1.52. The van der Waals surface area contributed by atoms with Gasteiger partial charge in [0, 0.05) is 18.7 Å². The van der Waals surface area contributed by atoms with Crippen LogP contribution in [-0.2, 0) is 14.4 Å². The number of carbonyl (C=O) groups is 3. The Labute approximate surface area is 156 Å². The van der Waals surface area contributed by atoms with Crippen LogP contribution in [0.5, 0.6) is 0 Å². The number of benzene rings is 2. The van der Waals surface area contributed by atoms with Crippen LogP contribution in [-0.4, -0.2) is 30.8 Å². The van der Waals surface area contributed by atoms with Gasteiger partial charge in [-0.05, 0) is 24.3 Å². The molecule has 0 saturated carbocycles. The van der Waals surface area contributed by atoms with Gasteiger partial charge in [-0.25, -0.2) is 0 Å². The van der Waals surface area contributed by atoms with E-state index in [4.69, 9.17) is 11.6 Å². The first-order valence-electron chi connectivity index (χ1n) is 8.22. The van der Waals surface area contributed by atoms with Gasteiger partial charge in [-0.3, -0.25) is 14.4 Å². The van der Waals surface area contributed by atoms with E-state index >= 15 is 0 Å². The number of nitrogens with one attached hydrogen (secondary N) is 2. The third kappa shape index (κ3) is 4.21. The average molecular weight is 372 g/mol. The maximum atomic E-state index is 12.3. The quantitative estimate of drug-likeness (QED) is 0.847. The molecule has 3 amide bonds. The van der Waals surface area contributed by atoms with Crippen molar-refractivity contribution in [3.63, 3.8) is 0 Å². The van der Waals surface area contributed by atoms with Crippen LogP contribution in [0.4, 0.5) is 11.4 Å². The van der Waals surface area contributed by atoms with Crippen LogP contribution in [0, 0.1) is 5.92 Å². The predicted octanol–water partition coefficient (Wildman–Crippen LogP) is 2.45. The summed E-state index contributed by atoms with van der Waals surface area (Å²) in [5.74, 6) is -1.27. The van der Waals surface area contributed by atoms with Crippen LogP contribution in [0.15, 0.2) is 54.6 Å². The molecule has 0 unspecified atom stereocenters. The fourth-order valence-electron chi connectivity index (χ4n) is 2.81. The zero-order valence-corrected chi connectivity index (χ0v) is 14.7. The Morgan fingerprint density at radius 2 is 1.77 bits per heavy atom. The topological polar surface area (TPSA) is 78.5 Å². The van der Waals surface area contributed by atoms with Crippen molar-refractivity contribution in [2.24, 2.45) is 5.92 Å². The highest BCUT2D eigenvalue weighted by Gasteiger charge is 2.35. The first-order valence-corrected chi connectivity index (χ1v) is 8.60. The number of rotatable bonds is 5. The van der Waals surface area contributed by atoms with Crippen LogP contribution < -0.4 is 15.5 Å². The highest BCUT2D eigenvalue weighted by molar-refractivity contribution is 6.33. The third-order valence-electron chi connectivity index (χ3n) is 4.13. The lowest BCUT2D eigenvalue weighted by Gasteiger charge is -2.16. The van der Waals surface area contributed by atoms with E-state index in [1.807, 2.05) is 30.3 Å². The maximum Gasteiger partial charge on any atom is 0.243 e. The molecule has 1 fully saturated rings. The van der Waals surface area contributed by atoms with Gasteiger partial charge in [0.25, 0.3) is 0 Å². The lowest BCUT2D eigenvalue weighted by Crippen LogP contribution is -2.37. The molecule has 1 saturated heterocycles. The summed E-state index contributed by atoms with van der Waals surface area (Å²) in [6.45, 7) is 0.126. The SMILES string of the molecule is O=C(CNC(=O)[C@@H]1CC(=O)N(c2ccccc2)C1)Nc1ccccc1Cl. The van der Waals surface area contributed by atoms with Crippen molar-refractivity contribution in [2.75, 3.05) is 23.3 Å². The second-order valence-corrected chi connectivity index (χ2v) is 6.39. The summed E-state index contributed by atoms with van der Waals surface area (Å²) in [6, 6.07) is 16.1. The number of para-hydroxylation sites is 2. The number of anilines is 2. The van der Waals surface area contributed by atoms with E-state index in [1.165, 1.54) is 0 Å². The molecule has 6 nitrogen and oxygen atoms in total. The molecule has 1 aliphatic heterocycles. The van der Waals surface area contributed by atoms with Gasteiger partial charge < -0.3 is 15.5 Å². The monoisotopic (exact) mass is 371 g/mol. The Morgan fingerprint density at radius 1 is 1.08 bits per heavy atom. The van der Waals surface area contributed by atoms with Crippen molar-refractivity contribution in [1.82, 2.24) is 5.32 Å². The van der Waals surface area contributed by atoms with Crippen LogP contribution in [0.1, 0.15) is 6.42 Å². The standard InChI is InChI=1S/C19H18ClN3O3/c20-15-8-4-5-9-16(15)22-17(24)11-21-19(26)13-10-18(25)23(12-13)14-6-2-1-3-7-14/h1-9,13H,10-12H2,(H,21,26)(H,22,24)/t13-/m1/s1. The zero-order chi connectivity index (χ0) is 18.5. The molecule has 7 heteroatoms. The third-order valence-corrected chi connectivity index (χ3v) is 4.46. The van der Waals surface area contributed by atoms with Crippen LogP contribution >= 0.6 is 11.6 Å². The van der Waals surface area contributed by atoms with E-state index < -0.39 is 5.92 Å². The molecule has 2 aromatic rings. The molecular formula is C19H18ClN3O3. The summed E-state index contributed by atoms with van der Waals surface area (Å²) >= 11 is 5.98. The molecule has 2 N–H and O–H groups in total. The van der Waals surface area contributed by atoms with Crippen molar-refractivity contribution in [3.05, 3.63) is 59.6 Å². The van der Waals surface area contributed by atoms with Gasteiger partial charge in [0.2, 0.25) is 17.7 Å². The molecular weight excluding hydrogens is 354 g/mol. The van der Waals surface area contributed by atoms with Crippen LogP contribution in [0.25, 0.3) is 0 Å². The maximum absolute atomic E-state index is 12.3. The van der Waals surface area contributed by atoms with Crippen molar-refractivity contribution < 1.29 is 14.4 Å². The van der Waals surface area contributed by atoms with Crippen molar-refractivity contribution in [1.29, 1.82) is 0 Å². The molecule has 1 atom stereocenters. The molecule has 134 valence electrons. The average Bonchev–Trinajstić information content (AvgIpc) is 3.04. The molecule has 2 aromatic carbocycles. The number of hydrogen-bond donors (Lipinski definition) is 2. The Kier molecular flexibility index (Phi) is 5.53. The molecule has 0 bridgehead atoms. The summed E-state index contributed by atoms with van der Waals surface area (Å²) < 4.78 is 0. The largest absolute Gasteiger partial charge is 0.347 e. The summed E-state index contributed by atoms with van der Waals surface area (Å²) in [7, 11) is 0. The van der Waals surface area contributed by atoms with Crippen LogP contribution in [0.3, 0.4) is 0 Å². The van der Waals surface area contributed by atoms with Gasteiger partial charge >= 0.3 is 0 Å². The number of hydrogen-bond acceptors (Lipinski definition) is 3. The molecule has 0 spiro atoms. The van der Waals surface area contributed by atoms with E-state index in [0.717, 1.165) is 5.69 Å². The molecule has 26 heavy (non-hydrogen) atoms. The molecule has 0 aliphatic carbocycles. The first-order chi connectivity index (χ1) is 12.5. The van der Waals surface area contributed by atoms with Crippen LogP contribution in [0.2, 0.25) is 5.02 Å². The molecule has 1 aliphatic rings. The highest BCUT2D eigenvalue weighted by atomic mass is 35.5. The fourth-order valence-corrected chi connectivity index (χ4v) is 2.99. The van der Waals surface area contributed by atoms with Gasteiger partial charge in [-0.1, -0.05) is 41.9 Å². The first kappa shape index (κ1) is 17.9. The molecule has 0 radical (unpaired) electrons. The van der Waals surface area contributed by atoms with E-state index in [2.05, 4.69) is 10.6 Å². The second-order valence-electron chi connectivity index (χ2n) is 5.99. The van der Waals surface area contributed by atoms with Gasteiger partial charge in [0.15, 0.2) is 0 Å². The Morgan fingerprint density at radius 3 is 2.50 bits per heavy atom. The second kappa shape index (κ2) is 8.01. The summed E-state index contributed by atoms with van der Waals surface area (Å²) in [6.07, 6.45) is 0.132. The number of carbonyl (C=O) groups excluding carboxylic acids is 3.